The Morgan fingerprint density at radius 2 is 1.89 bits per heavy atom. The van der Waals surface area contributed by atoms with E-state index in [0.29, 0.717) is 39.4 Å². The van der Waals surface area contributed by atoms with Crippen molar-refractivity contribution in [1.29, 1.82) is 0 Å². The monoisotopic (exact) mass is 385 g/mol. The molecule has 0 aliphatic rings. The van der Waals surface area contributed by atoms with Crippen LogP contribution in [0.25, 0.3) is 11.0 Å². The van der Waals surface area contributed by atoms with E-state index in [2.05, 4.69) is 5.32 Å². The summed E-state index contributed by atoms with van der Waals surface area (Å²) in [7, 11) is 1.57. The number of rotatable bonds is 5. The first-order chi connectivity index (χ1) is 12.9. The van der Waals surface area contributed by atoms with Gasteiger partial charge in [0, 0.05) is 11.6 Å². The van der Waals surface area contributed by atoms with Gasteiger partial charge in [-0.15, -0.1) is 0 Å². The number of methoxy groups -OCH3 is 1. The van der Waals surface area contributed by atoms with Crippen molar-refractivity contribution in [3.8, 4) is 5.75 Å². The lowest BCUT2D eigenvalue weighted by atomic mass is 10.0. The molecule has 140 valence electrons. The van der Waals surface area contributed by atoms with Crippen LogP contribution in [-0.2, 0) is 17.8 Å². The quantitative estimate of drug-likeness (QED) is 0.675. The van der Waals surface area contributed by atoms with Gasteiger partial charge in [-0.3, -0.25) is 4.79 Å². The maximum atomic E-state index is 12.4. The number of hydrogen-bond acceptors (Lipinski definition) is 4. The van der Waals surface area contributed by atoms with Crippen LogP contribution in [0, 0.1) is 13.8 Å². The molecule has 0 atom stereocenters. The van der Waals surface area contributed by atoms with Crippen LogP contribution in [0.1, 0.15) is 22.3 Å². The van der Waals surface area contributed by atoms with E-state index >= 15 is 0 Å². The minimum absolute atomic E-state index is 0.0608. The summed E-state index contributed by atoms with van der Waals surface area (Å²) in [6.45, 7) is 4.06. The lowest BCUT2D eigenvalue weighted by Crippen LogP contribution is -2.27. The van der Waals surface area contributed by atoms with Crippen LogP contribution in [0.5, 0.6) is 5.75 Å². The average molecular weight is 386 g/mol. The number of nitrogens with one attached hydrogen (secondary N) is 1. The van der Waals surface area contributed by atoms with E-state index in [4.69, 9.17) is 20.8 Å². The zero-order valence-electron chi connectivity index (χ0n) is 15.4. The van der Waals surface area contributed by atoms with Crippen molar-refractivity contribution < 1.29 is 13.9 Å². The van der Waals surface area contributed by atoms with E-state index in [0.717, 1.165) is 11.1 Å². The van der Waals surface area contributed by atoms with Gasteiger partial charge in [0.1, 0.15) is 11.3 Å². The summed E-state index contributed by atoms with van der Waals surface area (Å²) in [5.74, 6) is 0.361. The maximum Gasteiger partial charge on any atom is 0.340 e. The minimum atomic E-state index is -0.505. The van der Waals surface area contributed by atoms with Crippen molar-refractivity contribution in [2.24, 2.45) is 0 Å². The Morgan fingerprint density at radius 1 is 1.19 bits per heavy atom. The predicted molar refractivity (Wildman–Crippen MR) is 106 cm³/mol. The van der Waals surface area contributed by atoms with Crippen LogP contribution in [0.4, 0.5) is 0 Å². The molecule has 2 aromatic carbocycles. The second-order valence-corrected chi connectivity index (χ2v) is 6.85. The van der Waals surface area contributed by atoms with Gasteiger partial charge in [0.2, 0.25) is 5.91 Å². The third kappa shape index (κ3) is 4.14. The SMILES string of the molecule is COc1cc(C)cc2oc(=O)c(CC(=O)NCc3ccc(Cl)cc3)c(C)c12. The molecule has 0 unspecified atom stereocenters. The van der Waals surface area contributed by atoms with E-state index in [1.165, 1.54) is 0 Å². The van der Waals surface area contributed by atoms with Gasteiger partial charge in [-0.2, -0.15) is 0 Å². The highest BCUT2D eigenvalue weighted by molar-refractivity contribution is 6.30. The molecule has 3 aromatic rings. The molecule has 0 radical (unpaired) electrons. The lowest BCUT2D eigenvalue weighted by Gasteiger charge is -2.12. The smallest absolute Gasteiger partial charge is 0.340 e. The normalized spacial score (nSPS) is 10.8. The van der Waals surface area contributed by atoms with E-state index in [1.807, 2.05) is 25.1 Å². The summed E-state index contributed by atoms with van der Waals surface area (Å²) in [6, 6.07) is 10.9. The number of carbonyl (C=O) groups is 1. The van der Waals surface area contributed by atoms with Gasteiger partial charge in [-0.1, -0.05) is 23.7 Å². The van der Waals surface area contributed by atoms with E-state index in [1.54, 1.807) is 32.2 Å². The highest BCUT2D eigenvalue weighted by Gasteiger charge is 2.18. The molecule has 0 aliphatic heterocycles. The van der Waals surface area contributed by atoms with Crippen LogP contribution in [0.2, 0.25) is 5.02 Å². The van der Waals surface area contributed by atoms with Crippen molar-refractivity contribution in [1.82, 2.24) is 5.32 Å². The Labute approximate surface area is 161 Å². The van der Waals surface area contributed by atoms with Gasteiger partial charge in [-0.25, -0.2) is 4.79 Å². The standard InChI is InChI=1S/C21H20ClNO4/c1-12-8-17(26-3)20-13(2)16(21(25)27-18(20)9-12)10-19(24)23-11-14-4-6-15(22)7-5-14/h4-9H,10-11H2,1-3H3,(H,23,24). The largest absolute Gasteiger partial charge is 0.496 e. The van der Waals surface area contributed by atoms with Crippen LogP contribution in [-0.4, -0.2) is 13.0 Å². The summed E-state index contributed by atoms with van der Waals surface area (Å²) in [6.07, 6.45) is -0.0608. The minimum Gasteiger partial charge on any atom is -0.496 e. The van der Waals surface area contributed by atoms with E-state index in [-0.39, 0.29) is 12.3 Å². The fourth-order valence-electron chi connectivity index (χ4n) is 3.03. The molecular weight excluding hydrogens is 366 g/mol. The van der Waals surface area contributed by atoms with Gasteiger partial charge in [0.05, 0.1) is 24.5 Å². The Kier molecular flexibility index (Phi) is 5.51. The molecule has 0 spiro atoms. The zero-order chi connectivity index (χ0) is 19.6. The molecular formula is C21H20ClNO4. The second kappa shape index (κ2) is 7.84. The van der Waals surface area contributed by atoms with Crippen molar-refractivity contribution in [3.05, 3.63) is 74.1 Å². The third-order valence-electron chi connectivity index (χ3n) is 4.45. The molecule has 1 N–H and O–H groups in total. The summed E-state index contributed by atoms with van der Waals surface area (Å²) in [4.78, 5) is 24.8. The molecule has 5 nitrogen and oxygen atoms in total. The number of carbonyl (C=O) groups excluding carboxylic acids is 1. The lowest BCUT2D eigenvalue weighted by molar-refractivity contribution is -0.120. The Morgan fingerprint density at radius 3 is 2.56 bits per heavy atom. The average Bonchev–Trinajstić information content (AvgIpc) is 2.63. The van der Waals surface area contributed by atoms with E-state index in [9.17, 15) is 9.59 Å². The molecule has 0 bridgehead atoms. The molecule has 0 saturated carbocycles. The Bertz CT molecular complexity index is 1050. The third-order valence-corrected chi connectivity index (χ3v) is 4.70. The zero-order valence-corrected chi connectivity index (χ0v) is 16.1. The number of hydrogen-bond donors (Lipinski definition) is 1. The van der Waals surface area contributed by atoms with Gasteiger partial charge in [-0.05, 0) is 54.8 Å². The van der Waals surface area contributed by atoms with Gasteiger partial charge >= 0.3 is 5.63 Å². The Hall–Kier alpha value is -2.79. The van der Waals surface area contributed by atoms with Crippen molar-refractivity contribution in [2.45, 2.75) is 26.8 Å². The molecule has 0 aliphatic carbocycles. The number of amides is 1. The first kappa shape index (κ1) is 19.0. The Balaban J connectivity index is 1.85. The summed E-state index contributed by atoms with van der Waals surface area (Å²) < 4.78 is 10.9. The number of ether oxygens (including phenoxy) is 1. The molecule has 1 amide bonds. The van der Waals surface area contributed by atoms with Crippen molar-refractivity contribution in [3.63, 3.8) is 0 Å². The molecule has 27 heavy (non-hydrogen) atoms. The summed E-state index contributed by atoms with van der Waals surface area (Å²) in [5, 5.41) is 4.16. The number of benzene rings is 2. The van der Waals surface area contributed by atoms with E-state index < -0.39 is 5.63 Å². The van der Waals surface area contributed by atoms with Crippen molar-refractivity contribution in [2.75, 3.05) is 7.11 Å². The fraction of sp³-hybridized carbons (Fsp3) is 0.238. The number of aryl methyl sites for hydroxylation is 2. The number of fused-ring (bicyclic) bond motifs is 1. The van der Waals surface area contributed by atoms with Crippen molar-refractivity contribution >= 4 is 28.5 Å². The van der Waals surface area contributed by atoms with Gasteiger partial charge in [0.15, 0.2) is 0 Å². The highest BCUT2D eigenvalue weighted by atomic mass is 35.5. The first-order valence-electron chi connectivity index (χ1n) is 8.51. The van der Waals surface area contributed by atoms with Crippen LogP contribution >= 0.6 is 11.6 Å². The predicted octanol–water partition coefficient (Wildman–Crippen LogP) is 3.93. The first-order valence-corrected chi connectivity index (χ1v) is 8.89. The second-order valence-electron chi connectivity index (χ2n) is 6.41. The summed E-state index contributed by atoms with van der Waals surface area (Å²) in [5.41, 5.74) is 2.83. The molecule has 0 fully saturated rings. The molecule has 3 rings (SSSR count). The molecule has 1 heterocycles. The maximum absolute atomic E-state index is 12.4. The number of halogens is 1. The molecule has 6 heteroatoms. The fourth-order valence-corrected chi connectivity index (χ4v) is 3.15. The van der Waals surface area contributed by atoms with Crippen LogP contribution in [0.3, 0.4) is 0 Å². The van der Waals surface area contributed by atoms with Gasteiger partial charge in [0.25, 0.3) is 0 Å². The van der Waals surface area contributed by atoms with Crippen LogP contribution < -0.4 is 15.7 Å². The van der Waals surface area contributed by atoms with Crippen LogP contribution in [0.15, 0.2) is 45.6 Å². The summed E-state index contributed by atoms with van der Waals surface area (Å²) >= 11 is 5.86. The molecule has 1 aromatic heterocycles. The topological polar surface area (TPSA) is 68.5 Å². The highest BCUT2D eigenvalue weighted by Crippen LogP contribution is 2.30. The van der Waals surface area contributed by atoms with Gasteiger partial charge < -0.3 is 14.5 Å². The molecule has 0 saturated heterocycles.